The fourth-order valence-electron chi connectivity index (χ4n) is 12.0. The second kappa shape index (κ2) is 27.8. The highest BCUT2D eigenvalue weighted by molar-refractivity contribution is 6.00. The summed E-state index contributed by atoms with van der Waals surface area (Å²) in [6.45, 7) is -1.06. The van der Waals surface area contributed by atoms with E-state index in [-0.39, 0.29) is 19.8 Å². The molecule has 518 valence electrons. The molecule has 7 aromatic carbocycles. The number of anilines is 1. The van der Waals surface area contributed by atoms with Crippen molar-refractivity contribution in [2.45, 2.75) is 50.5 Å². The minimum atomic E-state index is -2.72. The van der Waals surface area contributed by atoms with E-state index in [0.717, 1.165) is 0 Å². The maximum absolute atomic E-state index is 17.7. The van der Waals surface area contributed by atoms with Gasteiger partial charge in [0.05, 0.1) is 64.9 Å². The number of hydrogen-bond donors (Lipinski definition) is 3. The van der Waals surface area contributed by atoms with Gasteiger partial charge in [0.2, 0.25) is 17.5 Å². The molecule has 8 bridgehead atoms. The molecule has 1 saturated heterocycles. The molecule has 3 aromatic heterocycles. The summed E-state index contributed by atoms with van der Waals surface area (Å²) in [5.74, 6) is -48.6. The van der Waals surface area contributed by atoms with Gasteiger partial charge in [-0.25, -0.2) is 93.4 Å². The van der Waals surface area contributed by atoms with Crippen molar-refractivity contribution in [2.24, 2.45) is 0 Å². The standard InChI is InChI=1S/C72H42F19N5O5/c1-97-72-71(100-28-31-15-9-4-10-16-31)70(99-27-30-13-7-3-8-14-30)69(98-26-29-11-5-2-6-12-29)40(101-72)25-92-68-66(90)55(79)48(56(80)67(68)91)44-38-23-21-36(95-38)42(46-51(75)59(83)64(88)60(84)52(46)76)34-19-17-32(93-34)41(45-49(73)57(81)63(87)58(82)50(45)74)33-18-20-35(94-33)43(37-22-24-39(44)96-37)47-53(77)61(85)65(89)62(86)54(47)78/h2-24,40,69-72,92-93,96H,25-28H2,1H3/t40-,69-,70+,71-,72+/m1/s1. The van der Waals surface area contributed by atoms with Crippen LogP contribution in [0.1, 0.15) is 39.5 Å². The first-order chi connectivity index (χ1) is 48.5. The van der Waals surface area contributed by atoms with Gasteiger partial charge in [0.25, 0.3) is 0 Å². The van der Waals surface area contributed by atoms with Crippen LogP contribution in [0.5, 0.6) is 0 Å². The molecule has 3 aliphatic heterocycles. The minimum absolute atomic E-state index is 0.0321. The van der Waals surface area contributed by atoms with Crippen molar-refractivity contribution in [1.82, 2.24) is 19.9 Å². The number of nitrogens with one attached hydrogen (secondary N) is 3. The second-order valence-corrected chi connectivity index (χ2v) is 22.8. The first kappa shape index (κ1) is 68.9. The number of ether oxygens (including phenoxy) is 5. The number of aromatic amines is 2. The number of aromatic nitrogens is 4. The molecule has 0 saturated carbocycles. The molecule has 3 N–H and O–H groups in total. The summed E-state index contributed by atoms with van der Waals surface area (Å²) in [5.41, 5.74) is -19.7. The number of nitrogens with zero attached hydrogens (tertiary/aromatic N) is 2. The maximum atomic E-state index is 17.7. The predicted molar refractivity (Wildman–Crippen MR) is 329 cm³/mol. The van der Waals surface area contributed by atoms with Crippen molar-refractivity contribution < 1.29 is 107 Å². The first-order valence-electron chi connectivity index (χ1n) is 30.0. The Morgan fingerprint density at radius 3 is 0.891 bits per heavy atom. The summed E-state index contributed by atoms with van der Waals surface area (Å²) >= 11 is 0. The van der Waals surface area contributed by atoms with Crippen molar-refractivity contribution in [3.05, 3.63) is 265 Å². The van der Waals surface area contributed by atoms with Crippen LogP contribution in [0.25, 0.3) is 90.9 Å². The highest BCUT2D eigenvalue weighted by atomic mass is 19.2. The molecule has 0 aliphatic carbocycles. The lowest BCUT2D eigenvalue weighted by Gasteiger charge is -2.45. The fourth-order valence-corrected chi connectivity index (χ4v) is 12.0. The molecule has 101 heavy (non-hydrogen) atoms. The van der Waals surface area contributed by atoms with E-state index in [4.69, 9.17) is 23.7 Å². The third-order valence-electron chi connectivity index (χ3n) is 16.8. The lowest BCUT2D eigenvalue weighted by Crippen LogP contribution is -2.62. The number of fused-ring (bicyclic) bond motifs is 8. The van der Waals surface area contributed by atoms with Crippen LogP contribution in [0, 0.1) is 111 Å². The second-order valence-electron chi connectivity index (χ2n) is 22.8. The van der Waals surface area contributed by atoms with Gasteiger partial charge in [-0.2, -0.15) is 0 Å². The van der Waals surface area contributed by atoms with E-state index >= 15 is 70.2 Å². The molecule has 29 heteroatoms. The summed E-state index contributed by atoms with van der Waals surface area (Å²) in [7, 11) is 1.26. The van der Waals surface area contributed by atoms with Crippen LogP contribution < -0.4 is 5.32 Å². The predicted octanol–water partition coefficient (Wildman–Crippen LogP) is 18.5. The van der Waals surface area contributed by atoms with Gasteiger partial charge < -0.3 is 39.0 Å². The Kier molecular flexibility index (Phi) is 19.0. The van der Waals surface area contributed by atoms with Crippen LogP contribution in [0.3, 0.4) is 0 Å². The van der Waals surface area contributed by atoms with Crippen LogP contribution in [-0.4, -0.2) is 64.3 Å². The van der Waals surface area contributed by atoms with Crippen molar-refractivity contribution in [1.29, 1.82) is 0 Å². The highest BCUT2D eigenvalue weighted by Crippen LogP contribution is 2.46. The Balaban J connectivity index is 1.03. The smallest absolute Gasteiger partial charge is 0.200 e. The van der Waals surface area contributed by atoms with Gasteiger partial charge in [-0.15, -0.1) is 0 Å². The van der Waals surface area contributed by atoms with Crippen LogP contribution in [-0.2, 0) is 43.5 Å². The molecule has 10 nitrogen and oxygen atoms in total. The molecule has 0 amide bonds. The Labute approximate surface area is 556 Å². The Morgan fingerprint density at radius 2 is 0.594 bits per heavy atom. The molecule has 3 aliphatic rings. The maximum Gasteiger partial charge on any atom is 0.200 e. The molecule has 10 aromatic rings. The zero-order valence-corrected chi connectivity index (χ0v) is 51.1. The number of methoxy groups -OCH3 is 1. The molecule has 13 rings (SSSR count). The monoisotopic (exact) mass is 1420 g/mol. The SMILES string of the molecule is CO[C@H]1O[C@H](CNc2c(F)c(F)c(-c3c4nc(c(-c5c(F)c(F)c(F)c(F)c5F)c5ccc([nH]5)c(-c5c(F)c(F)c(F)c(F)c5F)c5nc(c(-c6c(F)c(F)c(F)c(F)c6F)c6ccc3[nH]6)C=C5)C=C4)c(F)c2F)[C@@H](OCc2ccccc2)[C@H](OCc2ccccc2)[C@H]1OCc1ccccc1. The van der Waals surface area contributed by atoms with E-state index in [1.807, 2.05) is 0 Å². The fraction of sp³-hybridized carbons (Fsp3) is 0.139. The van der Waals surface area contributed by atoms with Crippen molar-refractivity contribution in [3.63, 3.8) is 0 Å². The Hall–Kier alpha value is -10.6. The number of halogens is 19. The highest BCUT2D eigenvalue weighted by Gasteiger charge is 2.49. The summed E-state index contributed by atoms with van der Waals surface area (Å²) in [6, 6.07) is 29.0. The first-order valence-corrected chi connectivity index (χ1v) is 30.0. The van der Waals surface area contributed by atoms with Gasteiger partial charge in [-0.1, -0.05) is 91.0 Å². The van der Waals surface area contributed by atoms with Crippen LogP contribution in [0.2, 0.25) is 0 Å². The number of benzene rings is 7. The summed E-state index contributed by atoms with van der Waals surface area (Å²) < 4.78 is 336. The van der Waals surface area contributed by atoms with Gasteiger partial charge in [0.15, 0.2) is 99.4 Å². The van der Waals surface area contributed by atoms with Crippen LogP contribution >= 0.6 is 0 Å². The third kappa shape index (κ3) is 12.3. The lowest BCUT2D eigenvalue weighted by molar-refractivity contribution is -0.315. The van der Waals surface area contributed by atoms with Gasteiger partial charge in [0.1, 0.15) is 30.1 Å². The van der Waals surface area contributed by atoms with Crippen molar-refractivity contribution in [3.8, 4) is 44.5 Å². The molecule has 0 unspecified atom stereocenters. The average molecular weight is 1420 g/mol. The quantitative estimate of drug-likeness (QED) is 0.0469. The largest absolute Gasteiger partial charge is 0.377 e. The third-order valence-corrected chi connectivity index (χ3v) is 16.8. The summed E-state index contributed by atoms with van der Waals surface area (Å²) in [6.07, 6.45) is -3.79. The molecule has 6 heterocycles. The van der Waals surface area contributed by atoms with Gasteiger partial charge in [-0.05, 0) is 65.3 Å². The Morgan fingerprint density at radius 1 is 0.327 bits per heavy atom. The van der Waals surface area contributed by atoms with E-state index in [1.165, 1.54) is 7.11 Å². The van der Waals surface area contributed by atoms with E-state index in [1.54, 1.807) is 91.0 Å². The zero-order valence-electron chi connectivity index (χ0n) is 51.1. The summed E-state index contributed by atoms with van der Waals surface area (Å²) in [5, 5.41) is 2.36. The topological polar surface area (TPSA) is 116 Å². The normalized spacial score (nSPS) is 16.6. The zero-order chi connectivity index (χ0) is 71.6. The molecular weight excluding hydrogens is 1380 g/mol. The average Bonchev–Trinajstić information content (AvgIpc) is 1.65. The van der Waals surface area contributed by atoms with E-state index in [2.05, 4.69) is 25.3 Å². The number of hydrogen-bond acceptors (Lipinski definition) is 8. The van der Waals surface area contributed by atoms with Crippen molar-refractivity contribution >= 4 is 52.1 Å². The van der Waals surface area contributed by atoms with Crippen molar-refractivity contribution in [2.75, 3.05) is 19.0 Å². The summed E-state index contributed by atoms with van der Waals surface area (Å²) in [4.78, 5) is 13.0. The minimum Gasteiger partial charge on any atom is -0.377 e. The van der Waals surface area contributed by atoms with E-state index in [9.17, 15) is 13.2 Å². The molecular formula is C72H42F19N5O5. The van der Waals surface area contributed by atoms with Gasteiger partial charge in [-0.3, -0.25) is 0 Å². The van der Waals surface area contributed by atoms with Gasteiger partial charge >= 0.3 is 0 Å². The van der Waals surface area contributed by atoms with Crippen LogP contribution in [0.15, 0.2) is 115 Å². The number of rotatable bonds is 17. The lowest BCUT2D eigenvalue weighted by atomic mass is 9.97. The molecule has 5 atom stereocenters. The Bertz CT molecular complexity index is 5030. The van der Waals surface area contributed by atoms with Crippen LogP contribution in [0.4, 0.5) is 89.1 Å². The molecule has 0 radical (unpaired) electrons. The van der Waals surface area contributed by atoms with E-state index in [0.29, 0.717) is 65.3 Å². The van der Waals surface area contributed by atoms with E-state index < -0.39 is 243 Å². The molecule has 1 fully saturated rings. The number of H-pyrrole nitrogens is 2. The van der Waals surface area contributed by atoms with Gasteiger partial charge in [0, 0.05) is 58.0 Å². The molecule has 0 spiro atoms.